The van der Waals surface area contributed by atoms with Gasteiger partial charge >= 0.3 is 0 Å². The Balaban J connectivity index is 1.30. The molecule has 4 aromatic carbocycles. The molecule has 0 unspecified atom stereocenters. The number of aldehydes is 1. The number of hydrogen-bond acceptors (Lipinski definition) is 9. The molecule has 0 saturated heterocycles. The van der Waals surface area contributed by atoms with Crippen molar-refractivity contribution in [2.75, 3.05) is 58.7 Å². The molecule has 0 spiro atoms. The smallest absolute Gasteiger partial charge is 0.227 e. The van der Waals surface area contributed by atoms with Gasteiger partial charge in [0.15, 0.2) is 6.29 Å². The zero-order valence-corrected chi connectivity index (χ0v) is 30.1. The molecule has 0 radical (unpaired) electrons. The van der Waals surface area contributed by atoms with E-state index in [4.69, 9.17) is 30.8 Å². The highest BCUT2D eigenvalue weighted by molar-refractivity contribution is 6.33. The van der Waals surface area contributed by atoms with Crippen molar-refractivity contribution < 1.29 is 19.0 Å². The van der Waals surface area contributed by atoms with Gasteiger partial charge in [-0.05, 0) is 56.1 Å². The number of rotatable bonds is 15. The van der Waals surface area contributed by atoms with Crippen molar-refractivity contribution in [2.45, 2.75) is 13.2 Å². The minimum atomic E-state index is 0.298. The minimum absolute atomic E-state index is 0.298. The second-order valence-corrected chi connectivity index (χ2v) is 12.8. The Hall–Kier alpha value is -5.58. The van der Waals surface area contributed by atoms with Gasteiger partial charge in [0, 0.05) is 60.1 Å². The average Bonchev–Trinajstić information content (AvgIpc) is 3.52. The lowest BCUT2D eigenvalue weighted by Crippen LogP contribution is -2.28. The molecule has 6 rings (SSSR count). The number of hydrogen-bond donors (Lipinski definition) is 1. The van der Waals surface area contributed by atoms with Gasteiger partial charge in [0.2, 0.25) is 5.95 Å². The van der Waals surface area contributed by atoms with E-state index >= 15 is 0 Å². The summed E-state index contributed by atoms with van der Waals surface area (Å²) in [6.07, 6.45) is 4.46. The first kappa shape index (κ1) is 35.3. The fourth-order valence-electron chi connectivity index (χ4n) is 5.86. The van der Waals surface area contributed by atoms with Crippen molar-refractivity contribution in [3.8, 4) is 28.5 Å². The molecule has 0 bridgehead atoms. The fourth-order valence-corrected chi connectivity index (χ4v) is 6.05. The molecule has 0 aliphatic rings. The number of fused-ring (bicyclic) bond motifs is 1. The lowest BCUT2D eigenvalue weighted by Gasteiger charge is -2.23. The van der Waals surface area contributed by atoms with Crippen LogP contribution in [0.3, 0.4) is 0 Å². The predicted octanol–water partition coefficient (Wildman–Crippen LogP) is 7.95. The highest BCUT2D eigenvalue weighted by Gasteiger charge is 2.19. The quantitative estimate of drug-likeness (QED) is 0.107. The van der Waals surface area contributed by atoms with E-state index in [2.05, 4.69) is 51.9 Å². The minimum Gasteiger partial charge on any atom is -0.497 e. The van der Waals surface area contributed by atoms with Gasteiger partial charge in [0.05, 0.1) is 48.9 Å². The molecule has 0 amide bonds. The molecule has 6 aromatic rings. The number of carbonyl (C=O) groups is 1. The van der Waals surface area contributed by atoms with Crippen LogP contribution in [-0.4, -0.2) is 74.2 Å². The van der Waals surface area contributed by atoms with E-state index < -0.39 is 0 Å². The molecule has 0 aliphatic heterocycles. The number of methoxy groups -OCH3 is 2. The van der Waals surface area contributed by atoms with Crippen LogP contribution in [-0.2, 0) is 13.2 Å². The number of para-hydroxylation sites is 2. The number of nitrogens with one attached hydrogen (secondary N) is 1. The Bertz CT molecular complexity index is 2130. The van der Waals surface area contributed by atoms with Gasteiger partial charge in [0.25, 0.3) is 0 Å². The normalized spacial score (nSPS) is 11.1. The van der Waals surface area contributed by atoms with Crippen LogP contribution in [0.2, 0.25) is 5.02 Å². The van der Waals surface area contributed by atoms with Gasteiger partial charge in [-0.15, -0.1) is 0 Å². The maximum absolute atomic E-state index is 12.1. The van der Waals surface area contributed by atoms with E-state index in [9.17, 15) is 4.79 Å². The van der Waals surface area contributed by atoms with Gasteiger partial charge in [0.1, 0.15) is 23.9 Å². The molecule has 262 valence electrons. The van der Waals surface area contributed by atoms with Crippen molar-refractivity contribution in [3.05, 3.63) is 119 Å². The maximum Gasteiger partial charge on any atom is 0.227 e. The lowest BCUT2D eigenvalue weighted by molar-refractivity contribution is 0.111. The summed E-state index contributed by atoms with van der Waals surface area (Å²) in [5.41, 5.74) is 6.48. The molecular formula is C40H41ClN6O4. The van der Waals surface area contributed by atoms with Crippen LogP contribution in [0.5, 0.6) is 17.2 Å². The van der Waals surface area contributed by atoms with Crippen LogP contribution in [0.25, 0.3) is 22.2 Å². The summed E-state index contributed by atoms with van der Waals surface area (Å²) in [5.74, 6) is 2.36. The van der Waals surface area contributed by atoms with E-state index in [0.29, 0.717) is 46.9 Å². The number of aromatic nitrogens is 3. The molecule has 2 aromatic heterocycles. The fraction of sp³-hybridized carbons (Fsp3) is 0.225. The van der Waals surface area contributed by atoms with E-state index in [1.807, 2.05) is 79.0 Å². The molecule has 2 heterocycles. The third-order valence-electron chi connectivity index (χ3n) is 8.68. The summed E-state index contributed by atoms with van der Waals surface area (Å²) in [5, 5.41) is 4.72. The van der Waals surface area contributed by atoms with Gasteiger partial charge in [-0.25, -0.2) is 9.97 Å². The highest BCUT2D eigenvalue weighted by atomic mass is 35.5. The predicted molar refractivity (Wildman–Crippen MR) is 204 cm³/mol. The van der Waals surface area contributed by atoms with Crippen LogP contribution in [0.1, 0.15) is 21.5 Å². The molecule has 11 heteroatoms. The highest BCUT2D eigenvalue weighted by Crippen LogP contribution is 2.37. The Morgan fingerprint density at radius 1 is 0.922 bits per heavy atom. The second kappa shape index (κ2) is 16.0. The number of benzene rings is 4. The second-order valence-electron chi connectivity index (χ2n) is 12.4. The molecule has 0 saturated carbocycles. The summed E-state index contributed by atoms with van der Waals surface area (Å²) >= 11 is 6.79. The molecule has 0 fully saturated rings. The lowest BCUT2D eigenvalue weighted by atomic mass is 10.1. The molecule has 10 nitrogen and oxygen atoms in total. The third kappa shape index (κ3) is 8.09. The number of likely N-dealkylation sites (N-methyl/N-ethyl adjacent to an activating group) is 2. The molecule has 0 atom stereocenters. The van der Waals surface area contributed by atoms with Crippen molar-refractivity contribution in [1.82, 2.24) is 19.4 Å². The van der Waals surface area contributed by atoms with E-state index in [1.54, 1.807) is 26.5 Å². The van der Waals surface area contributed by atoms with Crippen LogP contribution < -0.4 is 24.4 Å². The zero-order chi connectivity index (χ0) is 35.9. The van der Waals surface area contributed by atoms with Gasteiger partial charge < -0.3 is 33.9 Å². The molecule has 1 N–H and O–H groups in total. The number of halogens is 1. The number of anilines is 3. The summed E-state index contributed by atoms with van der Waals surface area (Å²) in [6.45, 7) is 2.55. The van der Waals surface area contributed by atoms with Crippen molar-refractivity contribution >= 4 is 46.1 Å². The van der Waals surface area contributed by atoms with Gasteiger partial charge in [-0.2, -0.15) is 0 Å². The maximum atomic E-state index is 12.1. The first-order valence-corrected chi connectivity index (χ1v) is 16.9. The van der Waals surface area contributed by atoms with Crippen LogP contribution >= 0.6 is 11.6 Å². The molecular weight excluding hydrogens is 664 g/mol. The summed E-state index contributed by atoms with van der Waals surface area (Å²) in [4.78, 5) is 25.8. The van der Waals surface area contributed by atoms with Crippen LogP contribution in [0.15, 0.2) is 97.3 Å². The average molecular weight is 705 g/mol. The number of ether oxygens (including phenoxy) is 3. The Morgan fingerprint density at radius 3 is 2.47 bits per heavy atom. The SMILES string of the molecule is COc1ccc(COc2c(C=O)cccc2Cn2cc(-c3nc(Nc4ccc(N(C)CCN(C)C)cc4OC)ncc3Cl)c3ccccc32)cc1. The molecule has 51 heavy (non-hydrogen) atoms. The summed E-state index contributed by atoms with van der Waals surface area (Å²) in [6, 6.07) is 27.4. The topological polar surface area (TPSA) is 94.0 Å². The van der Waals surface area contributed by atoms with Crippen LogP contribution in [0.4, 0.5) is 17.3 Å². The molecule has 0 aliphatic carbocycles. The van der Waals surface area contributed by atoms with Gasteiger partial charge in [-0.3, -0.25) is 4.79 Å². The van der Waals surface area contributed by atoms with Crippen molar-refractivity contribution in [2.24, 2.45) is 0 Å². The Labute approximate surface area is 303 Å². The van der Waals surface area contributed by atoms with E-state index in [0.717, 1.165) is 64.1 Å². The first-order valence-electron chi connectivity index (χ1n) is 16.5. The van der Waals surface area contributed by atoms with Crippen molar-refractivity contribution in [1.29, 1.82) is 0 Å². The van der Waals surface area contributed by atoms with E-state index in [1.165, 1.54) is 0 Å². The summed E-state index contributed by atoms with van der Waals surface area (Å²) in [7, 11) is 9.46. The summed E-state index contributed by atoms with van der Waals surface area (Å²) < 4.78 is 19.4. The monoisotopic (exact) mass is 704 g/mol. The largest absolute Gasteiger partial charge is 0.497 e. The zero-order valence-electron chi connectivity index (χ0n) is 29.4. The number of carbonyl (C=O) groups excluding carboxylic acids is 1. The third-order valence-corrected chi connectivity index (χ3v) is 8.96. The first-order chi connectivity index (χ1) is 24.8. The van der Waals surface area contributed by atoms with Crippen LogP contribution in [0, 0.1) is 0 Å². The van der Waals surface area contributed by atoms with Crippen molar-refractivity contribution in [3.63, 3.8) is 0 Å². The standard InChI is InChI=1S/C40H41ClN6O4/c1-45(2)19-20-46(3)30-15-18-35(37(21-30)50-5)43-40-42-22-34(41)38(44-40)33-24-47(36-12-7-6-11-32(33)36)23-28-9-8-10-29(25-48)39(28)51-26-27-13-16-31(49-4)17-14-27/h6-18,21-22,24-25H,19-20,23,26H2,1-5H3,(H,42,43,44). The Morgan fingerprint density at radius 2 is 1.73 bits per heavy atom. The van der Waals surface area contributed by atoms with E-state index in [-0.39, 0.29) is 0 Å². The van der Waals surface area contributed by atoms with Gasteiger partial charge in [-0.1, -0.05) is 54.1 Å². The Kier molecular flexibility index (Phi) is 11.0. The number of nitrogens with zero attached hydrogens (tertiary/aromatic N) is 5.